The number of nitrogens with zero attached hydrogens (tertiary/aromatic N) is 4. The highest BCUT2D eigenvalue weighted by Gasteiger charge is 2.44. The van der Waals surface area contributed by atoms with Crippen LogP contribution in [0.2, 0.25) is 0 Å². The molecular weight excluding hydrogens is 324 g/mol. The number of hydrogen-bond acceptors (Lipinski definition) is 8. The Hall–Kier alpha value is -2.48. The summed E-state index contributed by atoms with van der Waals surface area (Å²) in [5, 5.41) is 0. The molecule has 0 bridgehead atoms. The van der Waals surface area contributed by atoms with Crippen LogP contribution in [-0.4, -0.2) is 48.0 Å². The lowest BCUT2D eigenvalue weighted by molar-refractivity contribution is 0.172. The molecule has 0 amide bonds. The Morgan fingerprint density at radius 1 is 0.800 bits per heavy atom. The molecule has 5 unspecified atom stereocenters. The third-order valence-corrected chi connectivity index (χ3v) is 5.40. The molecule has 0 saturated heterocycles. The predicted octanol–water partition coefficient (Wildman–Crippen LogP) is 1.94. The fraction of sp³-hybridized carbons (Fsp3) is 0.765. The van der Waals surface area contributed by atoms with Crippen molar-refractivity contribution in [1.29, 1.82) is 0 Å². The van der Waals surface area contributed by atoms with Gasteiger partial charge in [0.15, 0.2) is 0 Å². The summed E-state index contributed by atoms with van der Waals surface area (Å²) in [6.07, 6.45) is 11.9. The SMILES string of the molecule is O=C=NC1CCC(CC2(N=C=O)CCCCC2N=C=O)CC1N=C=O. The van der Waals surface area contributed by atoms with Gasteiger partial charge in [-0.05, 0) is 44.4 Å². The zero-order chi connectivity index (χ0) is 18.1. The summed E-state index contributed by atoms with van der Waals surface area (Å²) in [6, 6.07) is -1.17. The first kappa shape index (κ1) is 18.9. The standard InChI is InChI=1S/C17H20N4O4/c22-9-18-14-5-4-13(7-15(14)19-10-23)8-17(21-12-25)6-2-1-3-16(17)20-11-24/h13-16H,1-8H2. The third kappa shape index (κ3) is 4.54. The lowest BCUT2D eigenvalue weighted by Crippen LogP contribution is -2.45. The van der Waals surface area contributed by atoms with Crippen LogP contribution in [0.15, 0.2) is 20.0 Å². The van der Waals surface area contributed by atoms with Crippen LogP contribution in [0, 0.1) is 5.92 Å². The molecule has 0 aromatic carbocycles. The van der Waals surface area contributed by atoms with Crippen LogP contribution in [0.5, 0.6) is 0 Å². The summed E-state index contributed by atoms with van der Waals surface area (Å²) in [5.74, 6) is 0.125. The van der Waals surface area contributed by atoms with Gasteiger partial charge in [-0.1, -0.05) is 12.8 Å². The normalized spacial score (nSPS) is 34.4. The lowest BCUT2D eigenvalue weighted by Gasteiger charge is -2.41. The Morgan fingerprint density at radius 2 is 1.52 bits per heavy atom. The molecule has 0 N–H and O–H groups in total. The molecule has 0 aromatic heterocycles. The van der Waals surface area contributed by atoms with Gasteiger partial charge in [0.1, 0.15) is 0 Å². The topological polar surface area (TPSA) is 118 Å². The monoisotopic (exact) mass is 344 g/mol. The average molecular weight is 344 g/mol. The van der Waals surface area contributed by atoms with Crippen molar-refractivity contribution >= 4 is 24.3 Å². The first-order valence-corrected chi connectivity index (χ1v) is 8.49. The van der Waals surface area contributed by atoms with Crippen LogP contribution >= 0.6 is 0 Å². The Morgan fingerprint density at radius 3 is 2.20 bits per heavy atom. The molecule has 8 nitrogen and oxygen atoms in total. The number of isocyanates is 4. The Labute approximate surface area is 145 Å². The minimum atomic E-state index is -0.752. The van der Waals surface area contributed by atoms with Crippen molar-refractivity contribution in [2.75, 3.05) is 0 Å². The van der Waals surface area contributed by atoms with Crippen LogP contribution < -0.4 is 0 Å². The van der Waals surface area contributed by atoms with Crippen LogP contribution in [0.4, 0.5) is 0 Å². The summed E-state index contributed by atoms with van der Waals surface area (Å²) < 4.78 is 0. The van der Waals surface area contributed by atoms with Gasteiger partial charge in [0, 0.05) is 0 Å². The van der Waals surface area contributed by atoms with Crippen molar-refractivity contribution in [1.82, 2.24) is 0 Å². The first-order chi connectivity index (χ1) is 12.2. The molecule has 0 aromatic rings. The molecule has 132 valence electrons. The second-order valence-electron chi connectivity index (χ2n) is 6.75. The average Bonchev–Trinajstić information content (AvgIpc) is 2.60. The largest absolute Gasteiger partial charge is 0.235 e. The Bertz CT molecular complexity index is 670. The second-order valence-corrected chi connectivity index (χ2v) is 6.75. The van der Waals surface area contributed by atoms with Gasteiger partial charge in [-0.25, -0.2) is 29.2 Å². The van der Waals surface area contributed by atoms with Crippen LogP contribution in [0.25, 0.3) is 0 Å². The van der Waals surface area contributed by atoms with Gasteiger partial charge >= 0.3 is 0 Å². The van der Waals surface area contributed by atoms with Crippen molar-refractivity contribution in [3.8, 4) is 0 Å². The van der Waals surface area contributed by atoms with E-state index in [9.17, 15) is 19.2 Å². The molecule has 8 heteroatoms. The van der Waals surface area contributed by atoms with Gasteiger partial charge in [0.2, 0.25) is 24.3 Å². The molecule has 0 spiro atoms. The summed E-state index contributed by atoms with van der Waals surface area (Å²) >= 11 is 0. The molecular formula is C17H20N4O4. The molecule has 2 saturated carbocycles. The van der Waals surface area contributed by atoms with Crippen molar-refractivity contribution in [3.05, 3.63) is 0 Å². The maximum atomic E-state index is 11.0. The number of aliphatic imine (C=N–C) groups is 4. The summed E-state index contributed by atoms with van der Waals surface area (Å²) in [7, 11) is 0. The molecule has 0 heterocycles. The molecule has 2 aliphatic rings. The van der Waals surface area contributed by atoms with E-state index in [1.807, 2.05) is 0 Å². The van der Waals surface area contributed by atoms with E-state index in [4.69, 9.17) is 0 Å². The molecule has 0 aliphatic heterocycles. The fourth-order valence-electron chi connectivity index (χ4n) is 4.28. The van der Waals surface area contributed by atoms with E-state index in [2.05, 4.69) is 20.0 Å². The minimum absolute atomic E-state index is 0.125. The Balaban J connectivity index is 2.21. The summed E-state index contributed by atoms with van der Waals surface area (Å²) in [4.78, 5) is 58.4. The summed E-state index contributed by atoms with van der Waals surface area (Å²) in [6.45, 7) is 0. The van der Waals surface area contributed by atoms with Crippen molar-refractivity contribution in [2.45, 2.75) is 75.0 Å². The van der Waals surface area contributed by atoms with E-state index < -0.39 is 11.6 Å². The number of hydrogen-bond donors (Lipinski definition) is 0. The van der Waals surface area contributed by atoms with Gasteiger partial charge in [-0.3, -0.25) is 0 Å². The maximum absolute atomic E-state index is 11.0. The van der Waals surface area contributed by atoms with E-state index in [0.717, 1.165) is 19.3 Å². The predicted molar refractivity (Wildman–Crippen MR) is 87.0 cm³/mol. The van der Waals surface area contributed by atoms with Gasteiger partial charge in [-0.2, -0.15) is 9.98 Å². The first-order valence-electron chi connectivity index (χ1n) is 8.49. The molecule has 25 heavy (non-hydrogen) atoms. The number of carbonyl (C=O) groups excluding carboxylic acids is 4. The summed E-state index contributed by atoms with van der Waals surface area (Å²) in [5.41, 5.74) is -0.752. The van der Waals surface area contributed by atoms with Crippen LogP contribution in [-0.2, 0) is 19.2 Å². The zero-order valence-electron chi connectivity index (χ0n) is 13.9. The zero-order valence-corrected chi connectivity index (χ0v) is 13.9. The van der Waals surface area contributed by atoms with E-state index >= 15 is 0 Å². The highest BCUT2D eigenvalue weighted by molar-refractivity contribution is 5.38. The van der Waals surface area contributed by atoms with Gasteiger partial charge in [-0.15, -0.1) is 0 Å². The van der Waals surface area contributed by atoms with E-state index in [0.29, 0.717) is 32.1 Å². The highest BCUT2D eigenvalue weighted by Crippen LogP contribution is 2.42. The van der Waals surface area contributed by atoms with Crippen LogP contribution in [0.1, 0.15) is 51.4 Å². The third-order valence-electron chi connectivity index (χ3n) is 5.40. The molecule has 2 aliphatic carbocycles. The van der Waals surface area contributed by atoms with Gasteiger partial charge < -0.3 is 0 Å². The smallest absolute Gasteiger partial charge is 0.211 e. The molecule has 2 fully saturated rings. The molecule has 5 atom stereocenters. The fourth-order valence-corrected chi connectivity index (χ4v) is 4.28. The van der Waals surface area contributed by atoms with Crippen LogP contribution in [0.3, 0.4) is 0 Å². The van der Waals surface area contributed by atoms with Gasteiger partial charge in [0.05, 0.1) is 23.7 Å². The lowest BCUT2D eigenvalue weighted by atomic mass is 9.69. The van der Waals surface area contributed by atoms with Crippen molar-refractivity contribution < 1.29 is 19.2 Å². The van der Waals surface area contributed by atoms with Gasteiger partial charge in [0.25, 0.3) is 0 Å². The van der Waals surface area contributed by atoms with Crippen molar-refractivity contribution in [3.63, 3.8) is 0 Å². The molecule has 0 radical (unpaired) electrons. The number of rotatable bonds is 6. The molecule has 2 rings (SSSR count). The quantitative estimate of drug-likeness (QED) is 0.540. The highest BCUT2D eigenvalue weighted by atomic mass is 16.1. The minimum Gasteiger partial charge on any atom is -0.211 e. The van der Waals surface area contributed by atoms with E-state index in [-0.39, 0.29) is 18.0 Å². The van der Waals surface area contributed by atoms with E-state index in [1.54, 1.807) is 18.2 Å². The Kier molecular flexibility index (Phi) is 6.88. The second kappa shape index (κ2) is 9.12. The maximum Gasteiger partial charge on any atom is 0.235 e. The van der Waals surface area contributed by atoms with E-state index in [1.165, 1.54) is 6.08 Å². The van der Waals surface area contributed by atoms with Crippen molar-refractivity contribution in [2.24, 2.45) is 25.9 Å².